The van der Waals surface area contributed by atoms with Gasteiger partial charge in [0.25, 0.3) is 0 Å². The van der Waals surface area contributed by atoms with Gasteiger partial charge in [-0.2, -0.15) is 0 Å². The molecular weight excluding hydrogens is 406 g/mol. The van der Waals surface area contributed by atoms with E-state index in [2.05, 4.69) is 0 Å². The highest BCUT2D eigenvalue weighted by Gasteiger charge is 2.43. The summed E-state index contributed by atoms with van der Waals surface area (Å²) in [4.78, 5) is 14.8. The summed E-state index contributed by atoms with van der Waals surface area (Å²) < 4.78 is 24.9. The number of ether oxygens (including phenoxy) is 2. The average molecular weight is 428 g/mol. The van der Waals surface area contributed by atoms with Crippen molar-refractivity contribution in [2.45, 2.75) is 18.9 Å². The van der Waals surface area contributed by atoms with Crippen LogP contribution in [-0.2, 0) is 14.3 Å². The van der Waals surface area contributed by atoms with Crippen LogP contribution in [0.25, 0.3) is 0 Å². The Kier molecular flexibility index (Phi) is 7.53. The molecule has 1 amide bonds. The van der Waals surface area contributed by atoms with Crippen molar-refractivity contribution in [2.75, 3.05) is 39.5 Å². The standard InChI is InChI=1S/C17H21Cl2FN2O3.ClH/c18-12-8-13(19)14(20)7-11(12)15-9-22(3-6-25-15)16(23)17(10-21)1-4-24-5-2-17;/h7-8,15H,1-6,9-10,21H2;1H. The number of nitrogens with zero attached hydrogens (tertiary/aromatic N) is 1. The molecule has 3 rings (SSSR count). The van der Waals surface area contributed by atoms with Gasteiger partial charge in [-0.1, -0.05) is 23.2 Å². The molecule has 9 heteroatoms. The van der Waals surface area contributed by atoms with Crippen molar-refractivity contribution >= 4 is 41.5 Å². The van der Waals surface area contributed by atoms with Crippen molar-refractivity contribution < 1.29 is 18.7 Å². The fraction of sp³-hybridized carbons (Fsp3) is 0.588. The fourth-order valence-corrected chi connectivity index (χ4v) is 3.91. The first-order valence-corrected chi connectivity index (χ1v) is 9.06. The van der Waals surface area contributed by atoms with E-state index >= 15 is 0 Å². The highest BCUT2D eigenvalue weighted by molar-refractivity contribution is 6.35. The monoisotopic (exact) mass is 426 g/mol. The number of nitrogens with two attached hydrogens (primary N) is 1. The first-order chi connectivity index (χ1) is 12.0. The molecule has 26 heavy (non-hydrogen) atoms. The molecule has 0 radical (unpaired) electrons. The molecule has 1 aromatic rings. The van der Waals surface area contributed by atoms with Gasteiger partial charge in [0, 0.05) is 36.9 Å². The Hall–Kier alpha value is -0.630. The Morgan fingerprint density at radius 2 is 1.96 bits per heavy atom. The van der Waals surface area contributed by atoms with Crippen LogP contribution in [0, 0.1) is 11.2 Å². The smallest absolute Gasteiger partial charge is 0.230 e. The topological polar surface area (TPSA) is 64.8 Å². The van der Waals surface area contributed by atoms with Crippen molar-refractivity contribution in [3.63, 3.8) is 0 Å². The van der Waals surface area contributed by atoms with Crippen LogP contribution in [-0.4, -0.2) is 50.3 Å². The summed E-state index contributed by atoms with van der Waals surface area (Å²) in [5, 5.41) is 0.284. The van der Waals surface area contributed by atoms with Crippen LogP contribution in [0.1, 0.15) is 24.5 Å². The molecule has 0 aromatic heterocycles. The summed E-state index contributed by atoms with van der Waals surface area (Å²) in [5.41, 5.74) is 5.84. The molecule has 2 fully saturated rings. The van der Waals surface area contributed by atoms with E-state index in [1.54, 1.807) is 4.90 Å². The molecule has 1 aromatic carbocycles. The number of benzene rings is 1. The number of rotatable bonds is 3. The van der Waals surface area contributed by atoms with Crippen LogP contribution in [0.2, 0.25) is 10.0 Å². The second-order valence-electron chi connectivity index (χ2n) is 6.50. The number of morpholine rings is 1. The molecule has 2 aliphatic heterocycles. The van der Waals surface area contributed by atoms with Gasteiger partial charge < -0.3 is 20.1 Å². The molecule has 1 atom stereocenters. The van der Waals surface area contributed by atoms with Gasteiger partial charge in [0.1, 0.15) is 11.9 Å². The third-order valence-corrected chi connectivity index (χ3v) is 5.65. The summed E-state index contributed by atoms with van der Waals surface area (Å²) in [6.45, 7) is 2.49. The first kappa shape index (κ1) is 21.7. The largest absolute Gasteiger partial charge is 0.381 e. The van der Waals surface area contributed by atoms with E-state index in [1.165, 1.54) is 12.1 Å². The zero-order valence-corrected chi connectivity index (χ0v) is 16.5. The summed E-state index contributed by atoms with van der Waals surface area (Å²) in [6, 6.07) is 2.63. The normalized spacial score (nSPS) is 22.6. The maximum atomic E-state index is 13.8. The molecule has 2 N–H and O–H groups in total. The lowest BCUT2D eigenvalue weighted by molar-refractivity contribution is -0.154. The van der Waals surface area contributed by atoms with Gasteiger partial charge in [-0.15, -0.1) is 12.4 Å². The predicted molar refractivity (Wildman–Crippen MR) is 100 cm³/mol. The van der Waals surface area contributed by atoms with E-state index < -0.39 is 17.3 Å². The first-order valence-electron chi connectivity index (χ1n) is 8.30. The van der Waals surface area contributed by atoms with Crippen molar-refractivity contribution in [2.24, 2.45) is 11.1 Å². The zero-order chi connectivity index (χ0) is 18.0. The fourth-order valence-electron chi connectivity index (χ4n) is 3.41. The predicted octanol–water partition coefficient (Wildman–Crippen LogP) is 3.21. The molecule has 146 valence electrons. The van der Waals surface area contributed by atoms with Crippen LogP contribution >= 0.6 is 35.6 Å². The molecule has 5 nitrogen and oxygen atoms in total. The molecule has 0 aliphatic carbocycles. The van der Waals surface area contributed by atoms with E-state index in [9.17, 15) is 9.18 Å². The highest BCUT2D eigenvalue weighted by Crippen LogP contribution is 2.36. The molecular formula is C17H22Cl3FN2O3. The molecule has 2 saturated heterocycles. The maximum Gasteiger partial charge on any atom is 0.230 e. The number of hydrogen-bond acceptors (Lipinski definition) is 4. The maximum absolute atomic E-state index is 13.8. The average Bonchev–Trinajstić information content (AvgIpc) is 2.64. The Morgan fingerprint density at radius 3 is 2.62 bits per heavy atom. The molecule has 0 saturated carbocycles. The zero-order valence-electron chi connectivity index (χ0n) is 14.2. The highest BCUT2D eigenvalue weighted by atomic mass is 35.5. The van der Waals surface area contributed by atoms with E-state index in [0.29, 0.717) is 56.3 Å². The van der Waals surface area contributed by atoms with Crippen LogP contribution < -0.4 is 5.73 Å². The molecule has 1 unspecified atom stereocenters. The lowest BCUT2D eigenvalue weighted by Crippen LogP contribution is -2.54. The number of amides is 1. The van der Waals surface area contributed by atoms with Crippen LogP contribution in [0.15, 0.2) is 12.1 Å². The second-order valence-corrected chi connectivity index (χ2v) is 7.31. The van der Waals surface area contributed by atoms with Crippen molar-refractivity contribution in [3.05, 3.63) is 33.6 Å². The van der Waals surface area contributed by atoms with Crippen molar-refractivity contribution in [1.29, 1.82) is 0 Å². The Bertz CT molecular complexity index is 656. The molecule has 2 aliphatic rings. The Morgan fingerprint density at radius 1 is 1.27 bits per heavy atom. The van der Waals surface area contributed by atoms with Crippen LogP contribution in [0.3, 0.4) is 0 Å². The summed E-state index contributed by atoms with van der Waals surface area (Å²) in [6.07, 6.45) is 0.730. The minimum atomic E-state index is -0.588. The Balaban J connectivity index is 0.00000243. The molecule has 0 bridgehead atoms. The molecule has 2 heterocycles. The van der Waals surface area contributed by atoms with Gasteiger partial charge in [0.2, 0.25) is 5.91 Å². The quantitative estimate of drug-likeness (QED) is 0.752. The van der Waals surface area contributed by atoms with Crippen LogP contribution in [0.5, 0.6) is 0 Å². The van der Waals surface area contributed by atoms with Gasteiger partial charge >= 0.3 is 0 Å². The number of hydrogen-bond donors (Lipinski definition) is 1. The van der Waals surface area contributed by atoms with Gasteiger partial charge in [0.15, 0.2) is 0 Å². The van der Waals surface area contributed by atoms with E-state index in [4.69, 9.17) is 38.4 Å². The van der Waals surface area contributed by atoms with Gasteiger partial charge in [-0.25, -0.2) is 4.39 Å². The SMILES string of the molecule is Cl.NCC1(C(=O)N2CCOC(c3cc(F)c(Cl)cc3Cl)C2)CCOCC1. The van der Waals surface area contributed by atoms with Gasteiger partial charge in [0.05, 0.1) is 23.6 Å². The lowest BCUT2D eigenvalue weighted by Gasteiger charge is -2.42. The summed E-state index contributed by atoms with van der Waals surface area (Å²) in [5.74, 6) is -0.548. The van der Waals surface area contributed by atoms with Crippen molar-refractivity contribution in [1.82, 2.24) is 4.90 Å². The minimum Gasteiger partial charge on any atom is -0.381 e. The number of carbonyl (C=O) groups excluding carboxylic acids is 1. The van der Waals surface area contributed by atoms with E-state index in [1.807, 2.05) is 0 Å². The Labute approximate surface area is 168 Å². The minimum absolute atomic E-state index is 0. The summed E-state index contributed by atoms with van der Waals surface area (Å²) >= 11 is 11.9. The lowest BCUT2D eigenvalue weighted by atomic mass is 9.78. The summed E-state index contributed by atoms with van der Waals surface area (Å²) in [7, 11) is 0. The third-order valence-electron chi connectivity index (χ3n) is 5.03. The van der Waals surface area contributed by atoms with E-state index in [0.717, 1.165) is 0 Å². The molecule has 0 spiro atoms. The number of halogens is 4. The van der Waals surface area contributed by atoms with Gasteiger partial charge in [-0.3, -0.25) is 4.79 Å². The van der Waals surface area contributed by atoms with E-state index in [-0.39, 0.29) is 29.9 Å². The number of carbonyl (C=O) groups is 1. The second kappa shape index (κ2) is 9.04. The van der Waals surface area contributed by atoms with Gasteiger partial charge in [-0.05, 0) is 25.0 Å². The van der Waals surface area contributed by atoms with Crippen LogP contribution in [0.4, 0.5) is 4.39 Å². The third kappa shape index (κ3) is 4.26. The van der Waals surface area contributed by atoms with Crippen molar-refractivity contribution in [3.8, 4) is 0 Å².